The van der Waals surface area contributed by atoms with E-state index < -0.39 is 5.97 Å². The lowest BCUT2D eigenvalue weighted by atomic mass is 10.1. The number of carboxylic acid groups (broad SMARTS) is 1. The van der Waals surface area contributed by atoms with E-state index in [2.05, 4.69) is 5.10 Å². The van der Waals surface area contributed by atoms with Gasteiger partial charge in [0.25, 0.3) is 0 Å². The van der Waals surface area contributed by atoms with E-state index >= 15 is 0 Å². The van der Waals surface area contributed by atoms with Crippen molar-refractivity contribution in [2.75, 3.05) is 13.7 Å². The summed E-state index contributed by atoms with van der Waals surface area (Å²) in [7, 11) is 3.18. The highest BCUT2D eigenvalue weighted by atomic mass is 35.5. The number of hydrogen-bond donors (Lipinski definition) is 1. The standard InChI is InChI=1S/C14H15ClN2O4/c1-4-21-13-11(20-3)6-5-8(15)12(13)10-7-9(14(18)19)16-17(10)2/h5-7H,4H2,1-3H3,(H,18,19). The zero-order valence-electron chi connectivity index (χ0n) is 11.9. The quantitative estimate of drug-likeness (QED) is 0.919. The van der Waals surface area contributed by atoms with Crippen molar-refractivity contribution in [1.29, 1.82) is 0 Å². The first-order chi connectivity index (χ1) is 9.99. The van der Waals surface area contributed by atoms with Crippen LogP contribution in [0.5, 0.6) is 11.5 Å². The molecular weight excluding hydrogens is 296 g/mol. The van der Waals surface area contributed by atoms with Crippen LogP contribution in [0.3, 0.4) is 0 Å². The maximum absolute atomic E-state index is 11.1. The van der Waals surface area contributed by atoms with E-state index in [0.717, 1.165) is 0 Å². The molecule has 0 saturated heterocycles. The van der Waals surface area contributed by atoms with Gasteiger partial charge in [0.2, 0.25) is 0 Å². The molecule has 1 N–H and O–H groups in total. The average Bonchev–Trinajstić information content (AvgIpc) is 2.82. The minimum Gasteiger partial charge on any atom is -0.493 e. The van der Waals surface area contributed by atoms with Gasteiger partial charge in [-0.1, -0.05) is 11.6 Å². The summed E-state index contributed by atoms with van der Waals surface area (Å²) in [5, 5.41) is 13.4. The van der Waals surface area contributed by atoms with E-state index in [4.69, 9.17) is 26.2 Å². The fourth-order valence-corrected chi connectivity index (χ4v) is 2.28. The third-order valence-corrected chi connectivity index (χ3v) is 3.25. The molecule has 2 aromatic rings. The van der Waals surface area contributed by atoms with Crippen molar-refractivity contribution in [3.8, 4) is 22.8 Å². The number of aromatic nitrogens is 2. The van der Waals surface area contributed by atoms with Gasteiger partial charge >= 0.3 is 5.97 Å². The molecular formula is C14H15ClN2O4. The Morgan fingerprint density at radius 3 is 2.71 bits per heavy atom. The lowest BCUT2D eigenvalue weighted by Crippen LogP contribution is -2.01. The Morgan fingerprint density at radius 1 is 1.48 bits per heavy atom. The molecule has 0 fully saturated rings. The molecule has 1 aromatic heterocycles. The van der Waals surface area contributed by atoms with Crippen LogP contribution in [0.15, 0.2) is 18.2 Å². The molecule has 21 heavy (non-hydrogen) atoms. The fraction of sp³-hybridized carbons (Fsp3) is 0.286. The van der Waals surface area contributed by atoms with Crippen molar-refractivity contribution in [3.05, 3.63) is 28.9 Å². The van der Waals surface area contributed by atoms with E-state index in [-0.39, 0.29) is 5.69 Å². The molecule has 0 atom stereocenters. The number of rotatable bonds is 5. The number of ether oxygens (including phenoxy) is 2. The van der Waals surface area contributed by atoms with Crippen molar-refractivity contribution < 1.29 is 19.4 Å². The molecule has 0 aliphatic carbocycles. The lowest BCUT2D eigenvalue weighted by Gasteiger charge is -2.15. The molecule has 0 unspecified atom stereocenters. The number of carboxylic acids is 1. The zero-order chi connectivity index (χ0) is 15.6. The second kappa shape index (κ2) is 6.05. The molecule has 0 bridgehead atoms. The first-order valence-corrected chi connectivity index (χ1v) is 6.64. The van der Waals surface area contributed by atoms with Gasteiger partial charge in [0, 0.05) is 7.05 Å². The van der Waals surface area contributed by atoms with Gasteiger partial charge in [-0.2, -0.15) is 5.10 Å². The first-order valence-electron chi connectivity index (χ1n) is 6.26. The van der Waals surface area contributed by atoms with E-state index in [1.54, 1.807) is 19.2 Å². The van der Waals surface area contributed by atoms with Crippen LogP contribution in [-0.2, 0) is 7.05 Å². The first kappa shape index (κ1) is 15.2. The number of benzene rings is 1. The third kappa shape index (κ3) is 2.80. The monoisotopic (exact) mass is 310 g/mol. The Hall–Kier alpha value is -2.21. The molecule has 6 nitrogen and oxygen atoms in total. The maximum atomic E-state index is 11.1. The van der Waals surface area contributed by atoms with Crippen molar-refractivity contribution >= 4 is 17.6 Å². The van der Waals surface area contributed by atoms with Gasteiger partial charge in [-0.15, -0.1) is 0 Å². The second-order valence-electron chi connectivity index (χ2n) is 4.23. The number of carbonyl (C=O) groups is 1. The predicted octanol–water partition coefficient (Wildman–Crippen LogP) is 2.85. The van der Waals surface area contributed by atoms with Crippen LogP contribution in [0.2, 0.25) is 5.02 Å². The molecule has 0 spiro atoms. The lowest BCUT2D eigenvalue weighted by molar-refractivity contribution is 0.0689. The van der Waals surface area contributed by atoms with E-state index in [1.807, 2.05) is 6.92 Å². The highest BCUT2D eigenvalue weighted by Gasteiger charge is 2.21. The summed E-state index contributed by atoms with van der Waals surface area (Å²) in [6.45, 7) is 2.27. The molecule has 112 valence electrons. The summed E-state index contributed by atoms with van der Waals surface area (Å²) in [4.78, 5) is 11.1. The smallest absolute Gasteiger partial charge is 0.356 e. The Morgan fingerprint density at radius 2 is 2.19 bits per heavy atom. The van der Waals surface area contributed by atoms with Gasteiger partial charge in [-0.25, -0.2) is 4.79 Å². The largest absolute Gasteiger partial charge is 0.493 e. The molecule has 7 heteroatoms. The van der Waals surface area contributed by atoms with E-state index in [9.17, 15) is 4.79 Å². The zero-order valence-corrected chi connectivity index (χ0v) is 12.6. The van der Waals surface area contributed by atoms with E-state index in [1.165, 1.54) is 17.9 Å². The van der Waals surface area contributed by atoms with Crippen LogP contribution in [0.4, 0.5) is 0 Å². The number of hydrogen-bond acceptors (Lipinski definition) is 4. The van der Waals surface area contributed by atoms with Gasteiger partial charge in [0.15, 0.2) is 17.2 Å². The SMILES string of the molecule is CCOc1c(OC)ccc(Cl)c1-c1cc(C(=O)O)nn1C. The molecule has 0 saturated carbocycles. The number of aryl methyl sites for hydroxylation is 1. The van der Waals surface area contributed by atoms with Crippen LogP contribution in [0, 0.1) is 0 Å². The number of methoxy groups -OCH3 is 1. The van der Waals surface area contributed by atoms with Crippen LogP contribution in [0.1, 0.15) is 17.4 Å². The Balaban J connectivity index is 2.69. The van der Waals surface area contributed by atoms with Crippen LogP contribution in [0.25, 0.3) is 11.3 Å². The summed E-state index contributed by atoms with van der Waals surface area (Å²) >= 11 is 6.27. The van der Waals surface area contributed by atoms with Gasteiger partial charge < -0.3 is 14.6 Å². The second-order valence-corrected chi connectivity index (χ2v) is 4.64. The van der Waals surface area contributed by atoms with Gasteiger partial charge in [0.1, 0.15) is 0 Å². The van der Waals surface area contributed by atoms with Gasteiger partial charge in [-0.05, 0) is 25.1 Å². The summed E-state index contributed by atoms with van der Waals surface area (Å²) in [5.41, 5.74) is 1.04. The topological polar surface area (TPSA) is 73.6 Å². The van der Waals surface area contributed by atoms with Gasteiger partial charge in [0.05, 0.1) is 30.0 Å². The number of nitrogens with zero attached hydrogens (tertiary/aromatic N) is 2. The van der Waals surface area contributed by atoms with Crippen molar-refractivity contribution in [2.45, 2.75) is 6.92 Å². The minimum absolute atomic E-state index is 0.0613. The number of aromatic carboxylic acids is 1. The molecule has 0 aliphatic heterocycles. The summed E-state index contributed by atoms with van der Waals surface area (Å²) < 4.78 is 12.4. The highest BCUT2D eigenvalue weighted by Crippen LogP contribution is 2.43. The normalized spacial score (nSPS) is 10.5. The van der Waals surface area contributed by atoms with Crippen molar-refractivity contribution in [1.82, 2.24) is 9.78 Å². The summed E-state index contributed by atoms with van der Waals surface area (Å²) in [5.74, 6) is -0.115. The van der Waals surface area contributed by atoms with Crippen molar-refractivity contribution in [3.63, 3.8) is 0 Å². The molecule has 1 aromatic carbocycles. The average molecular weight is 311 g/mol. The highest BCUT2D eigenvalue weighted by molar-refractivity contribution is 6.33. The third-order valence-electron chi connectivity index (χ3n) is 2.93. The summed E-state index contributed by atoms with van der Waals surface area (Å²) in [6.07, 6.45) is 0. The van der Waals surface area contributed by atoms with Crippen LogP contribution < -0.4 is 9.47 Å². The summed E-state index contributed by atoms with van der Waals surface area (Å²) in [6, 6.07) is 4.82. The molecule has 0 radical (unpaired) electrons. The Labute approximate surface area is 126 Å². The number of halogens is 1. The van der Waals surface area contributed by atoms with Crippen LogP contribution in [-0.4, -0.2) is 34.6 Å². The molecule has 0 aliphatic rings. The molecule has 2 rings (SSSR count). The predicted molar refractivity (Wildman–Crippen MR) is 78.3 cm³/mol. The fourth-order valence-electron chi connectivity index (χ4n) is 2.03. The Bertz CT molecular complexity index is 682. The van der Waals surface area contributed by atoms with Gasteiger partial charge in [-0.3, -0.25) is 4.68 Å². The van der Waals surface area contributed by atoms with Crippen molar-refractivity contribution in [2.24, 2.45) is 7.05 Å². The maximum Gasteiger partial charge on any atom is 0.356 e. The molecule has 1 heterocycles. The Kier molecular flexibility index (Phi) is 4.37. The van der Waals surface area contributed by atoms with E-state index in [0.29, 0.717) is 34.4 Å². The minimum atomic E-state index is -1.10. The molecule has 0 amide bonds. The van der Waals surface area contributed by atoms with Crippen LogP contribution >= 0.6 is 11.6 Å².